The minimum Gasteiger partial charge on any atom is -0.508 e. The fourth-order valence-electron chi connectivity index (χ4n) is 2.51. The van der Waals surface area contributed by atoms with Gasteiger partial charge in [-0.15, -0.1) is 0 Å². The van der Waals surface area contributed by atoms with E-state index in [0.717, 1.165) is 30.8 Å². The van der Waals surface area contributed by atoms with Gasteiger partial charge in [0.05, 0.1) is 0 Å². The summed E-state index contributed by atoms with van der Waals surface area (Å²) in [6.45, 7) is 4.65. The van der Waals surface area contributed by atoms with E-state index in [0.29, 0.717) is 5.75 Å². The van der Waals surface area contributed by atoms with E-state index in [1.807, 2.05) is 24.4 Å². The summed E-state index contributed by atoms with van der Waals surface area (Å²) in [5.74, 6) is 0.294. The third-order valence-corrected chi connectivity index (χ3v) is 3.57. The number of aromatic hydroxyl groups is 1. The van der Waals surface area contributed by atoms with Crippen LogP contribution in [0, 0.1) is 0 Å². The van der Waals surface area contributed by atoms with Crippen molar-refractivity contribution in [1.29, 1.82) is 0 Å². The van der Waals surface area contributed by atoms with Gasteiger partial charge in [-0.05, 0) is 41.9 Å². The molecular formula is C17H19N3O. The van der Waals surface area contributed by atoms with Crippen LogP contribution in [-0.4, -0.2) is 21.2 Å². The molecule has 2 heterocycles. The van der Waals surface area contributed by atoms with E-state index < -0.39 is 0 Å². The van der Waals surface area contributed by atoms with Gasteiger partial charge < -0.3 is 15.0 Å². The zero-order chi connectivity index (χ0) is 14.7. The number of fused-ring (bicyclic) bond motifs is 1. The lowest BCUT2D eigenvalue weighted by atomic mass is 10.2. The Morgan fingerprint density at radius 3 is 2.76 bits per heavy atom. The minimum atomic E-state index is 0.294. The Kier molecular flexibility index (Phi) is 3.88. The lowest BCUT2D eigenvalue weighted by Gasteiger charge is -2.05. The van der Waals surface area contributed by atoms with E-state index in [1.54, 1.807) is 12.1 Å². The molecule has 0 fully saturated rings. The van der Waals surface area contributed by atoms with Crippen molar-refractivity contribution in [2.24, 2.45) is 0 Å². The van der Waals surface area contributed by atoms with Crippen LogP contribution < -0.4 is 5.32 Å². The van der Waals surface area contributed by atoms with Crippen molar-refractivity contribution >= 4 is 11.0 Å². The molecule has 2 aromatic heterocycles. The molecule has 0 aliphatic heterocycles. The number of nitrogens with one attached hydrogen (secondary N) is 1. The van der Waals surface area contributed by atoms with Gasteiger partial charge in [-0.1, -0.05) is 19.1 Å². The first-order chi connectivity index (χ1) is 10.3. The second-order valence-corrected chi connectivity index (χ2v) is 5.10. The zero-order valence-electron chi connectivity index (χ0n) is 12.1. The lowest BCUT2D eigenvalue weighted by molar-refractivity contribution is 0.475. The second kappa shape index (κ2) is 5.97. The van der Waals surface area contributed by atoms with Crippen LogP contribution >= 0.6 is 0 Å². The highest BCUT2D eigenvalue weighted by Gasteiger charge is 2.09. The van der Waals surface area contributed by atoms with Crippen molar-refractivity contribution in [3.8, 4) is 5.75 Å². The second-order valence-electron chi connectivity index (χ2n) is 5.10. The van der Waals surface area contributed by atoms with Gasteiger partial charge >= 0.3 is 0 Å². The van der Waals surface area contributed by atoms with Gasteiger partial charge in [0, 0.05) is 30.9 Å². The van der Waals surface area contributed by atoms with E-state index >= 15 is 0 Å². The highest BCUT2D eigenvalue weighted by Crippen LogP contribution is 2.21. The summed E-state index contributed by atoms with van der Waals surface area (Å²) in [7, 11) is 0. The van der Waals surface area contributed by atoms with Gasteiger partial charge in [-0.3, -0.25) is 0 Å². The predicted molar refractivity (Wildman–Crippen MR) is 84.3 cm³/mol. The van der Waals surface area contributed by atoms with Crippen molar-refractivity contribution in [3.05, 3.63) is 59.9 Å². The van der Waals surface area contributed by atoms with Crippen LogP contribution in [0.4, 0.5) is 0 Å². The van der Waals surface area contributed by atoms with Crippen molar-refractivity contribution in [2.45, 2.75) is 20.0 Å². The molecule has 0 saturated heterocycles. The fourth-order valence-corrected chi connectivity index (χ4v) is 2.51. The van der Waals surface area contributed by atoms with Gasteiger partial charge in [-0.2, -0.15) is 0 Å². The van der Waals surface area contributed by atoms with Crippen molar-refractivity contribution < 1.29 is 5.11 Å². The quantitative estimate of drug-likeness (QED) is 0.756. The van der Waals surface area contributed by atoms with Crippen LogP contribution in [-0.2, 0) is 13.1 Å². The molecule has 4 heteroatoms. The normalized spacial score (nSPS) is 11.1. The Balaban J connectivity index is 1.96. The van der Waals surface area contributed by atoms with Crippen molar-refractivity contribution in [2.75, 3.05) is 6.54 Å². The van der Waals surface area contributed by atoms with Crippen molar-refractivity contribution in [3.63, 3.8) is 0 Å². The summed E-state index contributed by atoms with van der Waals surface area (Å²) in [5, 5.41) is 13.9. The van der Waals surface area contributed by atoms with Gasteiger partial charge in [0.15, 0.2) is 0 Å². The molecule has 0 bridgehead atoms. The van der Waals surface area contributed by atoms with E-state index in [9.17, 15) is 5.11 Å². The molecule has 0 aliphatic carbocycles. The Labute approximate surface area is 124 Å². The summed E-state index contributed by atoms with van der Waals surface area (Å²) >= 11 is 0. The maximum atomic E-state index is 9.37. The molecule has 108 valence electrons. The van der Waals surface area contributed by atoms with E-state index in [-0.39, 0.29) is 0 Å². The first-order valence-electron chi connectivity index (χ1n) is 7.19. The molecule has 21 heavy (non-hydrogen) atoms. The van der Waals surface area contributed by atoms with Gasteiger partial charge in [0.25, 0.3) is 0 Å². The maximum Gasteiger partial charge on any atom is 0.140 e. The van der Waals surface area contributed by atoms with E-state index in [1.165, 1.54) is 10.9 Å². The minimum absolute atomic E-state index is 0.294. The molecule has 0 saturated carbocycles. The summed E-state index contributed by atoms with van der Waals surface area (Å²) in [4.78, 5) is 4.51. The third-order valence-electron chi connectivity index (χ3n) is 3.57. The molecule has 0 atom stereocenters. The smallest absolute Gasteiger partial charge is 0.140 e. The number of aromatic nitrogens is 2. The number of hydrogen-bond acceptors (Lipinski definition) is 3. The average Bonchev–Trinajstić information content (AvgIpc) is 2.86. The van der Waals surface area contributed by atoms with Crippen molar-refractivity contribution in [1.82, 2.24) is 14.9 Å². The predicted octanol–water partition coefficient (Wildman–Crippen LogP) is 2.90. The highest BCUT2D eigenvalue weighted by molar-refractivity contribution is 5.80. The Hall–Kier alpha value is -2.33. The molecule has 0 amide bonds. The number of phenols is 1. The molecule has 3 rings (SSSR count). The fraction of sp³-hybridized carbons (Fsp3) is 0.235. The topological polar surface area (TPSA) is 50.1 Å². The highest BCUT2D eigenvalue weighted by atomic mass is 16.3. The molecule has 0 radical (unpaired) electrons. The maximum absolute atomic E-state index is 9.37. The molecule has 0 spiro atoms. The summed E-state index contributed by atoms with van der Waals surface area (Å²) in [5.41, 5.74) is 3.41. The molecule has 2 N–H and O–H groups in total. The Morgan fingerprint density at radius 1 is 1.19 bits per heavy atom. The number of pyridine rings is 1. The lowest BCUT2D eigenvalue weighted by Crippen LogP contribution is -2.11. The standard InChI is InChI=1S/C17H19N3O/c1-2-18-10-14-12-20(17-16(14)4-3-9-19-17)11-13-5-7-15(21)8-6-13/h3-9,12,18,21H,2,10-11H2,1H3. The SMILES string of the molecule is CCNCc1cn(Cc2ccc(O)cc2)c2ncccc12. The molecular weight excluding hydrogens is 262 g/mol. The molecule has 1 aromatic carbocycles. The van der Waals surface area contributed by atoms with Crippen LogP contribution in [0.2, 0.25) is 0 Å². The largest absolute Gasteiger partial charge is 0.508 e. The first kappa shape index (κ1) is 13.6. The number of rotatable bonds is 5. The van der Waals surface area contributed by atoms with E-state index in [4.69, 9.17) is 0 Å². The average molecular weight is 281 g/mol. The molecule has 4 nitrogen and oxygen atoms in total. The van der Waals surface area contributed by atoms with E-state index in [2.05, 4.69) is 34.1 Å². The zero-order valence-corrected chi connectivity index (χ0v) is 12.1. The number of nitrogens with zero attached hydrogens (tertiary/aromatic N) is 2. The molecule has 0 aliphatic rings. The Morgan fingerprint density at radius 2 is 2.00 bits per heavy atom. The van der Waals surface area contributed by atoms with Crippen LogP contribution in [0.25, 0.3) is 11.0 Å². The third kappa shape index (κ3) is 2.90. The van der Waals surface area contributed by atoms with Gasteiger partial charge in [0.1, 0.15) is 11.4 Å². The summed E-state index contributed by atoms with van der Waals surface area (Å²) in [6, 6.07) is 11.4. The van der Waals surface area contributed by atoms with Gasteiger partial charge in [-0.25, -0.2) is 4.98 Å². The van der Waals surface area contributed by atoms with Gasteiger partial charge in [0.2, 0.25) is 0 Å². The Bertz CT molecular complexity index is 731. The summed E-state index contributed by atoms with van der Waals surface area (Å²) in [6.07, 6.45) is 3.99. The van der Waals surface area contributed by atoms with Crippen LogP contribution in [0.3, 0.4) is 0 Å². The molecule has 3 aromatic rings. The molecule has 0 unspecified atom stereocenters. The van der Waals surface area contributed by atoms with Crippen LogP contribution in [0.15, 0.2) is 48.8 Å². The van der Waals surface area contributed by atoms with Crippen LogP contribution in [0.5, 0.6) is 5.75 Å². The number of hydrogen-bond donors (Lipinski definition) is 2. The number of phenolic OH excluding ortho intramolecular Hbond substituents is 1. The monoisotopic (exact) mass is 281 g/mol. The van der Waals surface area contributed by atoms with Crippen LogP contribution in [0.1, 0.15) is 18.1 Å². The first-order valence-corrected chi connectivity index (χ1v) is 7.19. The number of benzene rings is 1. The summed E-state index contributed by atoms with van der Waals surface area (Å²) < 4.78 is 2.16.